The van der Waals surface area contributed by atoms with Gasteiger partial charge >= 0.3 is 57.4 Å². The first-order valence-electron chi connectivity index (χ1n) is 10.6. The average molecular weight is 485 g/mol. The predicted molar refractivity (Wildman–Crippen MR) is 125 cm³/mol. The molecule has 0 saturated heterocycles. The van der Waals surface area contributed by atoms with Crippen molar-refractivity contribution in [3.63, 3.8) is 0 Å². The molecule has 0 aliphatic carbocycles. The van der Waals surface area contributed by atoms with E-state index >= 15 is 0 Å². The van der Waals surface area contributed by atoms with Crippen molar-refractivity contribution in [1.29, 1.82) is 0 Å². The Morgan fingerprint density at radius 1 is 1.29 bits per heavy atom. The third-order valence-electron chi connectivity index (χ3n) is 4.90. The Labute approximate surface area is 241 Å². The molecule has 1 aromatic heterocycles. The van der Waals surface area contributed by atoms with Gasteiger partial charge in [0.2, 0.25) is 0 Å². The molecule has 0 aliphatic heterocycles. The Bertz CT molecular complexity index is 1230. The molecule has 1 atom stereocenters. The first-order chi connectivity index (χ1) is 15.9. The molecule has 172 valence electrons. The van der Waals surface area contributed by atoms with Gasteiger partial charge in [-0.3, -0.25) is 9.89 Å². The number of carbonyl (C=O) groups excluding carboxylic acids is 2. The molecule has 8 nitrogen and oxygen atoms in total. The van der Waals surface area contributed by atoms with Crippen LogP contribution in [0.1, 0.15) is 51.7 Å². The normalized spacial score (nSPS) is 12.2. The predicted octanol–water partition coefficient (Wildman–Crippen LogP) is 0.406. The van der Waals surface area contributed by atoms with Crippen LogP contribution in [0.3, 0.4) is 0 Å². The van der Waals surface area contributed by atoms with E-state index in [0.29, 0.717) is 29.0 Å². The molecule has 9 heteroatoms. The summed E-state index contributed by atoms with van der Waals surface area (Å²) in [5.41, 5.74) is 3.25. The van der Waals surface area contributed by atoms with Gasteiger partial charge in [-0.1, -0.05) is 29.9 Å². The zero-order valence-electron chi connectivity index (χ0n) is 20.1. The van der Waals surface area contributed by atoms with E-state index in [1.54, 1.807) is 55.3 Å². The molecule has 3 aromatic rings. The van der Waals surface area contributed by atoms with Crippen LogP contribution in [0.15, 0.2) is 66.1 Å². The maximum Gasteiger partial charge on any atom is 1.00 e. The SMILES string of the molecule is CCOC(=O)c1ccc(C(=O)Nc2cccc(C(C)N[C-]=CN=c3cnn(C)[cH-]3)c2)cc1C.[K+]. The largest absolute Gasteiger partial charge is 1.00 e. The first kappa shape index (κ1) is 27.8. The molecule has 0 aliphatic rings. The van der Waals surface area contributed by atoms with E-state index in [-0.39, 0.29) is 63.3 Å². The number of rotatable bonds is 8. The van der Waals surface area contributed by atoms with Crippen molar-refractivity contribution in [2.45, 2.75) is 26.8 Å². The minimum Gasteiger partial charge on any atom is -0.560 e. The van der Waals surface area contributed by atoms with Gasteiger partial charge in [-0.25, -0.2) is 4.79 Å². The van der Waals surface area contributed by atoms with Crippen LogP contribution in [-0.2, 0) is 11.8 Å². The molecule has 0 radical (unpaired) electrons. The number of benzene rings is 2. The monoisotopic (exact) mass is 484 g/mol. The molecule has 1 amide bonds. The van der Waals surface area contributed by atoms with Crippen LogP contribution in [0.25, 0.3) is 0 Å². The van der Waals surface area contributed by atoms with Crippen molar-refractivity contribution in [3.05, 3.63) is 94.9 Å². The van der Waals surface area contributed by atoms with Gasteiger partial charge in [0.05, 0.1) is 12.2 Å². The van der Waals surface area contributed by atoms with E-state index in [4.69, 9.17) is 4.74 Å². The number of aryl methyl sites for hydroxylation is 2. The standard InChI is InChI=1S/C25H27N5O3.K/c1-5-33-25(32)23-10-9-20(13-17(23)2)24(31)29-21-8-6-7-19(14-21)18(3)26-11-12-27-22-15-28-30(4)16-22;/h6-10,12-16,18,26H,5H2,1-4H3,(H,29,31);/q-2;+1. The summed E-state index contributed by atoms with van der Waals surface area (Å²) in [5, 5.41) is 10.8. The molecular weight excluding hydrogens is 457 g/mol. The summed E-state index contributed by atoms with van der Waals surface area (Å²) in [6.07, 6.45) is 7.98. The Hall–Kier alpha value is -2.43. The minimum atomic E-state index is -0.393. The average Bonchev–Trinajstić information content (AvgIpc) is 3.21. The van der Waals surface area contributed by atoms with Gasteiger partial charge < -0.3 is 31.2 Å². The summed E-state index contributed by atoms with van der Waals surface area (Å²) in [6, 6.07) is 12.4. The number of ether oxygens (including phenoxy) is 1. The number of nitrogens with zero attached hydrogens (tertiary/aromatic N) is 3. The molecule has 1 heterocycles. The summed E-state index contributed by atoms with van der Waals surface area (Å²) < 4.78 is 6.72. The van der Waals surface area contributed by atoms with Crippen LogP contribution >= 0.6 is 0 Å². The molecule has 0 bridgehead atoms. The molecule has 3 rings (SSSR count). The number of nitrogens with one attached hydrogen (secondary N) is 2. The minimum absolute atomic E-state index is 0. The molecule has 2 N–H and O–H groups in total. The fraction of sp³-hybridized carbons (Fsp3) is 0.240. The smallest absolute Gasteiger partial charge is 0.560 e. The first-order valence-corrected chi connectivity index (χ1v) is 10.6. The molecule has 1 unspecified atom stereocenters. The Kier molecular flexibility index (Phi) is 11.0. The van der Waals surface area contributed by atoms with Gasteiger partial charge in [-0.05, 0) is 62.2 Å². The molecular formula is C25H27KN5O3-. The van der Waals surface area contributed by atoms with Gasteiger partial charge in [-0.15, -0.1) is 6.20 Å². The number of hydrogen-bond acceptors (Lipinski definition) is 6. The molecule has 0 fully saturated rings. The van der Waals surface area contributed by atoms with Crippen molar-refractivity contribution >= 4 is 17.6 Å². The number of esters is 1. The number of aromatic nitrogens is 2. The topological polar surface area (TPSA) is 97.6 Å². The molecule has 34 heavy (non-hydrogen) atoms. The van der Waals surface area contributed by atoms with Crippen molar-refractivity contribution in [1.82, 2.24) is 15.1 Å². The number of carbonyl (C=O) groups is 2. The van der Waals surface area contributed by atoms with E-state index in [2.05, 4.69) is 26.9 Å². The van der Waals surface area contributed by atoms with Crippen LogP contribution in [-0.4, -0.2) is 28.3 Å². The second-order valence-electron chi connectivity index (χ2n) is 7.47. The Balaban J connectivity index is 0.00000408. The maximum atomic E-state index is 12.7. The number of hydrogen-bond donors (Lipinski definition) is 2. The number of amides is 1. The van der Waals surface area contributed by atoms with Crippen molar-refractivity contribution in [2.24, 2.45) is 12.0 Å². The quantitative estimate of drug-likeness (QED) is 0.209. The van der Waals surface area contributed by atoms with E-state index in [0.717, 1.165) is 10.9 Å². The van der Waals surface area contributed by atoms with Crippen LogP contribution in [0.2, 0.25) is 0 Å². The van der Waals surface area contributed by atoms with Crippen molar-refractivity contribution in [2.75, 3.05) is 11.9 Å². The summed E-state index contributed by atoms with van der Waals surface area (Å²) in [5.74, 6) is -0.650. The van der Waals surface area contributed by atoms with Gasteiger partial charge in [0.15, 0.2) is 0 Å². The van der Waals surface area contributed by atoms with Gasteiger partial charge in [0, 0.05) is 24.3 Å². The summed E-state index contributed by atoms with van der Waals surface area (Å²) in [4.78, 5) is 28.9. The van der Waals surface area contributed by atoms with Crippen LogP contribution in [0, 0.1) is 13.1 Å². The molecule has 0 spiro atoms. The third kappa shape index (κ3) is 7.81. The second-order valence-corrected chi connectivity index (χ2v) is 7.47. The molecule has 0 saturated carbocycles. The van der Waals surface area contributed by atoms with Crippen molar-refractivity contribution in [3.8, 4) is 0 Å². The van der Waals surface area contributed by atoms with E-state index in [1.807, 2.05) is 38.2 Å². The third-order valence-corrected chi connectivity index (χ3v) is 4.90. The molecule has 2 aromatic carbocycles. The summed E-state index contributed by atoms with van der Waals surface area (Å²) in [7, 11) is 1.83. The second kappa shape index (κ2) is 13.5. The van der Waals surface area contributed by atoms with E-state index in [9.17, 15) is 9.59 Å². The van der Waals surface area contributed by atoms with Gasteiger partial charge in [0.25, 0.3) is 5.91 Å². The number of anilines is 1. The summed E-state index contributed by atoms with van der Waals surface area (Å²) in [6.45, 7) is 5.83. The van der Waals surface area contributed by atoms with Crippen LogP contribution < -0.4 is 67.4 Å². The van der Waals surface area contributed by atoms with E-state index < -0.39 is 5.97 Å². The zero-order chi connectivity index (χ0) is 23.8. The fourth-order valence-corrected chi connectivity index (χ4v) is 3.16. The van der Waals surface area contributed by atoms with Gasteiger partial charge in [0.1, 0.15) is 0 Å². The maximum absolute atomic E-state index is 12.7. The van der Waals surface area contributed by atoms with Crippen LogP contribution in [0.4, 0.5) is 5.69 Å². The zero-order valence-corrected chi connectivity index (χ0v) is 23.2. The fourth-order valence-electron chi connectivity index (χ4n) is 3.16. The van der Waals surface area contributed by atoms with Crippen LogP contribution in [0.5, 0.6) is 0 Å². The van der Waals surface area contributed by atoms with Crippen molar-refractivity contribution < 1.29 is 65.7 Å². The Morgan fingerprint density at radius 2 is 2.09 bits per heavy atom. The van der Waals surface area contributed by atoms with E-state index in [1.165, 1.54) is 0 Å². The Morgan fingerprint density at radius 3 is 2.76 bits per heavy atom. The summed E-state index contributed by atoms with van der Waals surface area (Å²) >= 11 is 0. The van der Waals surface area contributed by atoms with Gasteiger partial charge in [-0.2, -0.15) is 0 Å².